The SMILES string of the molecule is COc1cc(C)c(Cl)cc1C(CN)c1ccccc1. The number of aryl methyl sites for hydroxylation is 1. The van der Waals surface area contributed by atoms with Crippen molar-refractivity contribution in [1.82, 2.24) is 0 Å². The molecular formula is C16H18ClNO. The van der Waals surface area contributed by atoms with E-state index in [4.69, 9.17) is 22.1 Å². The normalized spacial score (nSPS) is 12.2. The standard InChI is InChI=1S/C16H18ClNO/c1-11-8-16(19-2)13(9-15(11)17)14(10-18)12-6-4-3-5-7-12/h3-9,14H,10,18H2,1-2H3. The fourth-order valence-corrected chi connectivity index (χ4v) is 2.42. The number of rotatable bonds is 4. The maximum Gasteiger partial charge on any atom is 0.123 e. The molecule has 1 unspecified atom stereocenters. The van der Waals surface area contributed by atoms with Crippen LogP contribution in [-0.4, -0.2) is 13.7 Å². The molecule has 0 fully saturated rings. The Kier molecular flexibility index (Phi) is 4.46. The van der Waals surface area contributed by atoms with E-state index in [0.29, 0.717) is 6.54 Å². The third-order valence-electron chi connectivity index (χ3n) is 3.32. The predicted octanol–water partition coefficient (Wildman–Crippen LogP) is 3.75. The largest absolute Gasteiger partial charge is 0.496 e. The minimum absolute atomic E-state index is 0.0919. The van der Waals surface area contributed by atoms with Crippen LogP contribution >= 0.6 is 11.6 Å². The van der Waals surface area contributed by atoms with E-state index >= 15 is 0 Å². The van der Waals surface area contributed by atoms with Gasteiger partial charge in [-0.05, 0) is 30.2 Å². The fraction of sp³-hybridized carbons (Fsp3) is 0.250. The molecule has 2 N–H and O–H groups in total. The lowest BCUT2D eigenvalue weighted by Gasteiger charge is -2.20. The zero-order valence-corrected chi connectivity index (χ0v) is 11.9. The van der Waals surface area contributed by atoms with Crippen LogP contribution in [0.4, 0.5) is 0 Å². The van der Waals surface area contributed by atoms with Crippen LogP contribution < -0.4 is 10.5 Å². The molecule has 2 nitrogen and oxygen atoms in total. The zero-order chi connectivity index (χ0) is 13.8. The Morgan fingerprint density at radius 1 is 1.21 bits per heavy atom. The molecular weight excluding hydrogens is 258 g/mol. The van der Waals surface area contributed by atoms with Gasteiger partial charge in [0.25, 0.3) is 0 Å². The molecule has 0 spiro atoms. The minimum Gasteiger partial charge on any atom is -0.496 e. The van der Waals surface area contributed by atoms with Gasteiger partial charge < -0.3 is 10.5 Å². The average molecular weight is 276 g/mol. The molecule has 100 valence electrons. The Hall–Kier alpha value is -1.51. The van der Waals surface area contributed by atoms with Crippen molar-refractivity contribution in [2.75, 3.05) is 13.7 Å². The van der Waals surface area contributed by atoms with Crippen molar-refractivity contribution in [2.45, 2.75) is 12.8 Å². The highest BCUT2D eigenvalue weighted by atomic mass is 35.5. The summed E-state index contributed by atoms with van der Waals surface area (Å²) in [5.74, 6) is 0.926. The van der Waals surface area contributed by atoms with Gasteiger partial charge in [-0.2, -0.15) is 0 Å². The first-order chi connectivity index (χ1) is 9.17. The number of nitrogens with two attached hydrogens (primary N) is 1. The Labute approximate surface area is 119 Å². The number of hydrogen-bond acceptors (Lipinski definition) is 2. The molecule has 19 heavy (non-hydrogen) atoms. The molecule has 0 aromatic heterocycles. The third-order valence-corrected chi connectivity index (χ3v) is 3.73. The first kappa shape index (κ1) is 13.9. The molecule has 0 bridgehead atoms. The molecule has 1 atom stereocenters. The van der Waals surface area contributed by atoms with Crippen LogP contribution in [0.5, 0.6) is 5.75 Å². The third kappa shape index (κ3) is 2.91. The first-order valence-corrected chi connectivity index (χ1v) is 6.64. The van der Waals surface area contributed by atoms with Crippen molar-refractivity contribution in [1.29, 1.82) is 0 Å². The van der Waals surface area contributed by atoms with Crippen LogP contribution in [0.3, 0.4) is 0 Å². The highest BCUT2D eigenvalue weighted by molar-refractivity contribution is 6.31. The second kappa shape index (κ2) is 6.09. The van der Waals surface area contributed by atoms with Crippen molar-refractivity contribution in [2.24, 2.45) is 5.73 Å². The molecule has 3 heteroatoms. The van der Waals surface area contributed by atoms with Crippen molar-refractivity contribution >= 4 is 11.6 Å². The number of halogens is 1. The van der Waals surface area contributed by atoms with Gasteiger partial charge in [-0.15, -0.1) is 0 Å². The Balaban J connectivity index is 2.52. The van der Waals surface area contributed by atoms with E-state index in [-0.39, 0.29) is 5.92 Å². The van der Waals surface area contributed by atoms with Gasteiger partial charge in [0.2, 0.25) is 0 Å². The van der Waals surface area contributed by atoms with E-state index in [1.165, 1.54) is 5.56 Å². The van der Waals surface area contributed by atoms with Gasteiger partial charge in [-0.3, -0.25) is 0 Å². The summed E-state index contributed by atoms with van der Waals surface area (Å²) in [6, 6.07) is 14.1. The van der Waals surface area contributed by atoms with E-state index < -0.39 is 0 Å². The molecule has 0 saturated heterocycles. The zero-order valence-electron chi connectivity index (χ0n) is 11.2. The molecule has 0 radical (unpaired) electrons. The lowest BCUT2D eigenvalue weighted by molar-refractivity contribution is 0.407. The van der Waals surface area contributed by atoms with E-state index in [2.05, 4.69) is 12.1 Å². The summed E-state index contributed by atoms with van der Waals surface area (Å²) >= 11 is 6.23. The number of benzene rings is 2. The van der Waals surface area contributed by atoms with Gasteiger partial charge in [-0.25, -0.2) is 0 Å². The second-order valence-corrected chi connectivity index (χ2v) is 4.95. The van der Waals surface area contributed by atoms with Crippen LogP contribution in [0.2, 0.25) is 5.02 Å². The maximum absolute atomic E-state index is 6.23. The molecule has 0 heterocycles. The monoisotopic (exact) mass is 275 g/mol. The summed E-state index contributed by atoms with van der Waals surface area (Å²) in [7, 11) is 1.67. The highest BCUT2D eigenvalue weighted by Gasteiger charge is 2.18. The predicted molar refractivity (Wildman–Crippen MR) is 80.1 cm³/mol. The van der Waals surface area contributed by atoms with Gasteiger partial charge in [0.1, 0.15) is 5.75 Å². The number of ether oxygens (including phenoxy) is 1. The van der Waals surface area contributed by atoms with Crippen LogP contribution in [-0.2, 0) is 0 Å². The van der Waals surface area contributed by atoms with Gasteiger partial charge >= 0.3 is 0 Å². The van der Waals surface area contributed by atoms with E-state index in [1.54, 1.807) is 7.11 Å². The van der Waals surface area contributed by atoms with Crippen LogP contribution in [0.25, 0.3) is 0 Å². The molecule has 2 aromatic carbocycles. The quantitative estimate of drug-likeness (QED) is 0.922. The molecule has 0 aliphatic carbocycles. The van der Waals surface area contributed by atoms with Crippen molar-refractivity contribution in [3.63, 3.8) is 0 Å². The molecule has 0 aliphatic heterocycles. The lowest BCUT2D eigenvalue weighted by Crippen LogP contribution is -2.15. The first-order valence-electron chi connectivity index (χ1n) is 6.26. The van der Waals surface area contributed by atoms with Crippen LogP contribution in [0.1, 0.15) is 22.6 Å². The summed E-state index contributed by atoms with van der Waals surface area (Å²) in [6.45, 7) is 2.48. The summed E-state index contributed by atoms with van der Waals surface area (Å²) in [6.07, 6.45) is 0. The van der Waals surface area contributed by atoms with Gasteiger partial charge in [-0.1, -0.05) is 41.9 Å². The molecule has 2 aromatic rings. The Morgan fingerprint density at radius 3 is 2.47 bits per heavy atom. The van der Waals surface area contributed by atoms with Crippen LogP contribution in [0, 0.1) is 6.92 Å². The fourth-order valence-electron chi connectivity index (χ4n) is 2.25. The summed E-state index contributed by atoms with van der Waals surface area (Å²) in [5.41, 5.74) is 9.16. The van der Waals surface area contributed by atoms with Gasteiger partial charge in [0.05, 0.1) is 7.11 Å². The number of hydrogen-bond donors (Lipinski definition) is 1. The van der Waals surface area contributed by atoms with E-state index in [9.17, 15) is 0 Å². The van der Waals surface area contributed by atoms with Crippen LogP contribution in [0.15, 0.2) is 42.5 Å². The Morgan fingerprint density at radius 2 is 1.89 bits per heavy atom. The van der Waals surface area contributed by atoms with E-state index in [0.717, 1.165) is 21.9 Å². The number of methoxy groups -OCH3 is 1. The molecule has 0 aliphatic rings. The minimum atomic E-state index is 0.0919. The van der Waals surface area contributed by atoms with Gasteiger partial charge in [0.15, 0.2) is 0 Å². The topological polar surface area (TPSA) is 35.2 Å². The smallest absolute Gasteiger partial charge is 0.123 e. The van der Waals surface area contributed by atoms with E-state index in [1.807, 2.05) is 37.3 Å². The Bertz CT molecular complexity index is 554. The van der Waals surface area contributed by atoms with Crippen molar-refractivity contribution in [3.8, 4) is 5.75 Å². The average Bonchev–Trinajstić information content (AvgIpc) is 2.44. The van der Waals surface area contributed by atoms with Gasteiger partial charge in [0, 0.05) is 23.0 Å². The molecule has 0 saturated carbocycles. The summed E-state index contributed by atoms with van der Waals surface area (Å²) < 4.78 is 5.47. The summed E-state index contributed by atoms with van der Waals surface area (Å²) in [4.78, 5) is 0. The summed E-state index contributed by atoms with van der Waals surface area (Å²) in [5, 5.41) is 0.741. The second-order valence-electron chi connectivity index (χ2n) is 4.54. The lowest BCUT2D eigenvalue weighted by atomic mass is 9.90. The highest BCUT2D eigenvalue weighted by Crippen LogP contribution is 2.35. The van der Waals surface area contributed by atoms with Crippen molar-refractivity contribution < 1.29 is 4.74 Å². The maximum atomic E-state index is 6.23. The molecule has 0 amide bonds. The molecule has 2 rings (SSSR count). The van der Waals surface area contributed by atoms with Crippen molar-refractivity contribution in [3.05, 3.63) is 64.2 Å².